The fourth-order valence-electron chi connectivity index (χ4n) is 2.16. The number of rotatable bonds is 5. The van der Waals surface area contributed by atoms with E-state index in [9.17, 15) is 15.0 Å². The molecule has 0 unspecified atom stereocenters. The molecule has 0 bridgehead atoms. The van der Waals surface area contributed by atoms with Gasteiger partial charge in [-0.25, -0.2) is 0 Å². The van der Waals surface area contributed by atoms with Gasteiger partial charge in [-0.3, -0.25) is 4.79 Å². The van der Waals surface area contributed by atoms with Crippen molar-refractivity contribution in [3.8, 4) is 5.75 Å². The number of aromatic hydroxyl groups is 1. The Bertz CT molecular complexity index is 611. The van der Waals surface area contributed by atoms with E-state index < -0.39 is 0 Å². The molecule has 4 nitrogen and oxygen atoms in total. The lowest BCUT2D eigenvalue weighted by molar-refractivity contribution is 0.0914. The van der Waals surface area contributed by atoms with Gasteiger partial charge in [-0.1, -0.05) is 36.4 Å². The Hall–Kier alpha value is -2.33. The third kappa shape index (κ3) is 4.07. The summed E-state index contributed by atoms with van der Waals surface area (Å²) >= 11 is 0. The number of carbonyl (C=O) groups is 1. The third-order valence-electron chi connectivity index (χ3n) is 3.28. The van der Waals surface area contributed by atoms with Gasteiger partial charge in [-0.05, 0) is 36.6 Å². The number of benzene rings is 2. The molecule has 2 aromatic rings. The number of phenolic OH excluding ortho intramolecular Hbond substituents is 1. The van der Waals surface area contributed by atoms with Crippen molar-refractivity contribution in [1.29, 1.82) is 0 Å². The fourth-order valence-corrected chi connectivity index (χ4v) is 2.16. The summed E-state index contributed by atoms with van der Waals surface area (Å²) < 4.78 is 0. The van der Waals surface area contributed by atoms with Crippen LogP contribution in [0.1, 0.15) is 21.5 Å². The lowest BCUT2D eigenvalue weighted by atomic mass is 10.1. The summed E-state index contributed by atoms with van der Waals surface area (Å²) in [5.74, 6) is -0.439. The number of aliphatic hydroxyl groups excluding tert-OH is 1. The average Bonchev–Trinajstić information content (AvgIpc) is 2.47. The van der Waals surface area contributed by atoms with Crippen molar-refractivity contribution in [2.45, 2.75) is 19.4 Å². The highest BCUT2D eigenvalue weighted by Crippen LogP contribution is 2.18. The molecule has 0 fully saturated rings. The maximum Gasteiger partial charge on any atom is 0.255 e. The maximum atomic E-state index is 12.2. The van der Waals surface area contributed by atoms with E-state index in [4.69, 9.17) is 0 Å². The molecule has 2 aromatic carbocycles. The van der Waals surface area contributed by atoms with Gasteiger partial charge in [0, 0.05) is 0 Å². The second-order valence-electron chi connectivity index (χ2n) is 5.06. The summed E-state index contributed by atoms with van der Waals surface area (Å²) in [6, 6.07) is 14.1. The van der Waals surface area contributed by atoms with Gasteiger partial charge in [-0.2, -0.15) is 0 Å². The number of amides is 1. The van der Waals surface area contributed by atoms with E-state index in [0.29, 0.717) is 6.42 Å². The summed E-state index contributed by atoms with van der Waals surface area (Å²) in [4.78, 5) is 12.2. The van der Waals surface area contributed by atoms with Crippen LogP contribution in [0.5, 0.6) is 5.75 Å². The van der Waals surface area contributed by atoms with Crippen LogP contribution in [0.3, 0.4) is 0 Å². The number of hydrogen-bond donors (Lipinski definition) is 3. The van der Waals surface area contributed by atoms with E-state index in [1.54, 1.807) is 18.2 Å². The lowest BCUT2D eigenvalue weighted by Crippen LogP contribution is -2.39. The monoisotopic (exact) mass is 285 g/mol. The van der Waals surface area contributed by atoms with Crippen LogP contribution in [-0.2, 0) is 6.42 Å². The summed E-state index contributed by atoms with van der Waals surface area (Å²) in [6.45, 7) is 1.68. The van der Waals surface area contributed by atoms with E-state index in [1.807, 2.05) is 37.3 Å². The van der Waals surface area contributed by atoms with Gasteiger partial charge in [0.2, 0.25) is 0 Å². The Morgan fingerprint density at radius 2 is 1.90 bits per heavy atom. The van der Waals surface area contributed by atoms with E-state index in [2.05, 4.69) is 5.32 Å². The highest BCUT2D eigenvalue weighted by molar-refractivity contribution is 5.97. The average molecular weight is 285 g/mol. The Morgan fingerprint density at radius 1 is 1.19 bits per heavy atom. The van der Waals surface area contributed by atoms with Crippen molar-refractivity contribution in [1.82, 2.24) is 5.32 Å². The SMILES string of the molecule is Cc1ccc(C(=O)N[C@H](CO)Cc2ccccc2)c(O)c1. The van der Waals surface area contributed by atoms with Crippen molar-refractivity contribution in [3.63, 3.8) is 0 Å². The Morgan fingerprint density at radius 3 is 2.52 bits per heavy atom. The zero-order valence-electron chi connectivity index (χ0n) is 11.9. The predicted molar refractivity (Wildman–Crippen MR) is 81.3 cm³/mol. The molecule has 0 saturated heterocycles. The van der Waals surface area contributed by atoms with Crippen LogP contribution in [0.25, 0.3) is 0 Å². The van der Waals surface area contributed by atoms with E-state index in [1.165, 1.54) is 0 Å². The highest BCUT2D eigenvalue weighted by atomic mass is 16.3. The molecule has 0 heterocycles. The molecule has 110 valence electrons. The topological polar surface area (TPSA) is 69.6 Å². The number of carbonyl (C=O) groups excluding carboxylic acids is 1. The Labute approximate surface area is 124 Å². The maximum absolute atomic E-state index is 12.2. The van der Waals surface area contributed by atoms with Crippen molar-refractivity contribution in [2.24, 2.45) is 0 Å². The number of aryl methyl sites for hydroxylation is 1. The molecular weight excluding hydrogens is 266 g/mol. The number of phenols is 1. The largest absolute Gasteiger partial charge is 0.507 e. The molecule has 2 rings (SSSR count). The first-order chi connectivity index (χ1) is 10.1. The van der Waals surface area contributed by atoms with Gasteiger partial charge in [0.1, 0.15) is 5.75 Å². The summed E-state index contributed by atoms with van der Waals surface area (Å²) in [5, 5.41) is 22.0. The van der Waals surface area contributed by atoms with Gasteiger partial charge in [0.25, 0.3) is 5.91 Å². The first kappa shape index (κ1) is 15.1. The zero-order valence-corrected chi connectivity index (χ0v) is 11.9. The third-order valence-corrected chi connectivity index (χ3v) is 3.28. The summed E-state index contributed by atoms with van der Waals surface area (Å²) in [5.41, 5.74) is 2.13. The quantitative estimate of drug-likeness (QED) is 0.787. The van der Waals surface area contributed by atoms with Crippen LogP contribution < -0.4 is 5.32 Å². The molecule has 3 N–H and O–H groups in total. The van der Waals surface area contributed by atoms with Crippen LogP contribution in [0, 0.1) is 6.92 Å². The van der Waals surface area contributed by atoms with Gasteiger partial charge < -0.3 is 15.5 Å². The van der Waals surface area contributed by atoms with E-state index in [-0.39, 0.29) is 29.9 Å². The number of nitrogens with one attached hydrogen (secondary N) is 1. The van der Waals surface area contributed by atoms with Crippen molar-refractivity contribution < 1.29 is 15.0 Å². The molecule has 0 aliphatic rings. The second kappa shape index (κ2) is 6.90. The molecule has 1 amide bonds. The summed E-state index contributed by atoms with van der Waals surface area (Å²) in [7, 11) is 0. The van der Waals surface area contributed by atoms with Gasteiger partial charge >= 0.3 is 0 Å². The minimum Gasteiger partial charge on any atom is -0.507 e. The molecule has 0 aromatic heterocycles. The molecule has 0 spiro atoms. The van der Waals surface area contributed by atoms with Crippen LogP contribution in [0.15, 0.2) is 48.5 Å². The van der Waals surface area contributed by atoms with Crippen LogP contribution in [0.2, 0.25) is 0 Å². The molecule has 21 heavy (non-hydrogen) atoms. The predicted octanol–water partition coefficient (Wildman–Crippen LogP) is 2.03. The van der Waals surface area contributed by atoms with Crippen LogP contribution in [0.4, 0.5) is 0 Å². The first-order valence-electron chi connectivity index (χ1n) is 6.85. The Kier molecular flexibility index (Phi) is 4.95. The van der Waals surface area contributed by atoms with Crippen molar-refractivity contribution >= 4 is 5.91 Å². The first-order valence-corrected chi connectivity index (χ1v) is 6.85. The van der Waals surface area contributed by atoms with Gasteiger partial charge in [0.05, 0.1) is 18.2 Å². The normalized spacial score (nSPS) is 11.9. The second-order valence-corrected chi connectivity index (χ2v) is 5.06. The fraction of sp³-hybridized carbons (Fsp3) is 0.235. The molecule has 1 atom stereocenters. The van der Waals surface area contributed by atoms with Gasteiger partial charge in [0.15, 0.2) is 0 Å². The molecular formula is C17H19NO3. The van der Waals surface area contributed by atoms with Crippen molar-refractivity contribution in [3.05, 3.63) is 65.2 Å². The number of aliphatic hydroxyl groups is 1. The number of hydrogen-bond acceptors (Lipinski definition) is 3. The lowest BCUT2D eigenvalue weighted by Gasteiger charge is -2.17. The van der Waals surface area contributed by atoms with E-state index >= 15 is 0 Å². The molecule has 0 saturated carbocycles. The van der Waals surface area contributed by atoms with Crippen molar-refractivity contribution in [2.75, 3.05) is 6.61 Å². The Balaban J connectivity index is 2.06. The zero-order chi connectivity index (χ0) is 15.2. The molecule has 0 aliphatic heterocycles. The summed E-state index contributed by atoms with van der Waals surface area (Å²) in [6.07, 6.45) is 0.537. The van der Waals surface area contributed by atoms with Crippen LogP contribution in [-0.4, -0.2) is 28.8 Å². The van der Waals surface area contributed by atoms with Gasteiger partial charge in [-0.15, -0.1) is 0 Å². The molecule has 0 radical (unpaired) electrons. The molecule has 0 aliphatic carbocycles. The molecule has 4 heteroatoms. The van der Waals surface area contributed by atoms with Crippen LogP contribution >= 0.6 is 0 Å². The smallest absolute Gasteiger partial charge is 0.255 e. The van der Waals surface area contributed by atoms with E-state index in [0.717, 1.165) is 11.1 Å². The highest BCUT2D eigenvalue weighted by Gasteiger charge is 2.16. The minimum absolute atomic E-state index is 0.0519. The minimum atomic E-state index is -0.388. The standard InChI is InChI=1S/C17H19NO3/c1-12-7-8-15(16(20)9-12)17(21)18-14(11-19)10-13-5-3-2-4-6-13/h2-9,14,19-20H,10-11H2,1H3,(H,18,21)/t14-/m0/s1.